The Kier molecular flexibility index (Phi) is 7.66. The van der Waals surface area contributed by atoms with Crippen molar-refractivity contribution >= 4 is 34.3 Å². The van der Waals surface area contributed by atoms with Crippen LogP contribution in [0.15, 0.2) is 57.0 Å². The van der Waals surface area contributed by atoms with Crippen molar-refractivity contribution in [3.05, 3.63) is 47.0 Å². The summed E-state index contributed by atoms with van der Waals surface area (Å²) in [5.41, 5.74) is 0.923. The van der Waals surface area contributed by atoms with E-state index in [9.17, 15) is 4.79 Å². The molecule has 3 nitrogen and oxygen atoms in total. The minimum absolute atomic E-state index is 0.575. The van der Waals surface area contributed by atoms with Crippen LogP contribution >= 0.6 is 15.9 Å². The maximum atomic E-state index is 10.2. The highest BCUT2D eigenvalue weighted by Crippen LogP contribution is 2.10. The molecule has 0 saturated heterocycles. The third kappa shape index (κ3) is 6.25. The summed E-state index contributed by atoms with van der Waals surface area (Å²) in [7, 11) is 0. The average molecular weight is 321 g/mol. The number of nitrogens with zero attached hydrogens (tertiary/aromatic N) is 2. The molecule has 0 N–H and O–H groups in total. The summed E-state index contributed by atoms with van der Waals surface area (Å²) in [6, 6.07) is 0. The van der Waals surface area contributed by atoms with Gasteiger partial charge in [-0.1, -0.05) is 30.9 Å². The highest BCUT2D eigenvalue weighted by molar-refractivity contribution is 9.12. The van der Waals surface area contributed by atoms with Gasteiger partial charge in [-0.05, 0) is 34.8 Å². The first-order valence-electron chi connectivity index (χ1n) is 6.13. The SMILES string of the molecule is C=C/C(=C\C/C=C/CCC=O)C1=NCC=C(Br)C=N1. The number of allylic oxidation sites excluding steroid dienone is 4. The molecule has 19 heavy (non-hydrogen) atoms. The van der Waals surface area contributed by atoms with Gasteiger partial charge in [-0.25, -0.2) is 4.99 Å². The van der Waals surface area contributed by atoms with E-state index in [0.717, 1.165) is 29.2 Å². The number of hydrogen-bond donors (Lipinski definition) is 0. The number of rotatable bonds is 7. The lowest BCUT2D eigenvalue weighted by Gasteiger charge is -1.99. The van der Waals surface area contributed by atoms with Crippen molar-refractivity contribution in [1.29, 1.82) is 0 Å². The van der Waals surface area contributed by atoms with Crippen LogP contribution < -0.4 is 0 Å². The summed E-state index contributed by atoms with van der Waals surface area (Å²) in [6.07, 6.45) is 14.6. The third-order valence-electron chi connectivity index (χ3n) is 2.41. The summed E-state index contributed by atoms with van der Waals surface area (Å²) in [5, 5.41) is 0. The molecule has 0 fully saturated rings. The Hall–Kier alpha value is -1.55. The zero-order valence-electron chi connectivity index (χ0n) is 10.8. The van der Waals surface area contributed by atoms with Gasteiger partial charge >= 0.3 is 0 Å². The molecule has 0 spiro atoms. The average Bonchev–Trinajstić information content (AvgIpc) is 2.63. The third-order valence-corrected chi connectivity index (χ3v) is 2.94. The Balaban J connectivity index is 2.60. The van der Waals surface area contributed by atoms with Gasteiger partial charge in [0, 0.05) is 22.7 Å². The Bertz CT molecular complexity index is 471. The Morgan fingerprint density at radius 2 is 2.26 bits per heavy atom. The van der Waals surface area contributed by atoms with Crippen molar-refractivity contribution in [2.45, 2.75) is 19.3 Å². The molecule has 0 amide bonds. The number of carbonyl (C=O) groups excluding carboxylic acids is 1. The van der Waals surface area contributed by atoms with E-state index in [4.69, 9.17) is 0 Å². The molecule has 1 heterocycles. The number of aldehydes is 1. The molecule has 100 valence electrons. The fraction of sp³-hybridized carbons (Fsp3) is 0.267. The zero-order chi connectivity index (χ0) is 13.9. The first-order chi connectivity index (χ1) is 9.27. The topological polar surface area (TPSA) is 41.8 Å². The van der Waals surface area contributed by atoms with Gasteiger partial charge in [0.1, 0.15) is 6.29 Å². The molecule has 1 rings (SSSR count). The smallest absolute Gasteiger partial charge is 0.154 e. The van der Waals surface area contributed by atoms with Crippen LogP contribution in [-0.4, -0.2) is 24.9 Å². The molecule has 0 saturated carbocycles. The van der Waals surface area contributed by atoms with Crippen LogP contribution in [0, 0.1) is 0 Å². The summed E-state index contributed by atoms with van der Waals surface area (Å²) >= 11 is 3.38. The quantitative estimate of drug-likeness (QED) is 0.304. The number of unbranched alkanes of at least 4 members (excludes halogenated alkanes) is 1. The molecule has 0 bridgehead atoms. The fourth-order valence-electron chi connectivity index (χ4n) is 1.44. The summed E-state index contributed by atoms with van der Waals surface area (Å²) < 4.78 is 0.934. The maximum Gasteiger partial charge on any atom is 0.154 e. The minimum Gasteiger partial charge on any atom is -0.303 e. The molecule has 0 aliphatic carbocycles. The van der Waals surface area contributed by atoms with Gasteiger partial charge in [0.05, 0.1) is 6.54 Å². The molecular weight excluding hydrogens is 304 g/mol. The second-order valence-corrected chi connectivity index (χ2v) is 4.74. The van der Waals surface area contributed by atoms with Crippen molar-refractivity contribution in [3.8, 4) is 0 Å². The van der Waals surface area contributed by atoms with E-state index >= 15 is 0 Å². The normalized spacial score (nSPS) is 15.9. The molecule has 4 heteroatoms. The van der Waals surface area contributed by atoms with Crippen LogP contribution in [0.3, 0.4) is 0 Å². The second-order valence-electron chi connectivity index (χ2n) is 3.83. The standard InChI is InChI=1S/C15H17BrN2O/c1-2-13(8-6-4-3-5-7-11-19)15-17-10-9-14(16)12-18-15/h2-4,8-9,11-12H,1,5-7,10H2/b4-3+,13-8+. The molecule has 0 unspecified atom stereocenters. The second kappa shape index (κ2) is 9.39. The predicted molar refractivity (Wildman–Crippen MR) is 85.1 cm³/mol. The highest BCUT2D eigenvalue weighted by atomic mass is 79.9. The first kappa shape index (κ1) is 15.5. The van der Waals surface area contributed by atoms with E-state index < -0.39 is 0 Å². The molecule has 1 aliphatic heterocycles. The first-order valence-corrected chi connectivity index (χ1v) is 6.93. The zero-order valence-corrected chi connectivity index (χ0v) is 12.3. The molecule has 0 aromatic heterocycles. The number of carbonyl (C=O) groups is 1. The minimum atomic E-state index is 0.575. The monoisotopic (exact) mass is 320 g/mol. The lowest BCUT2D eigenvalue weighted by molar-refractivity contribution is -0.107. The summed E-state index contributed by atoms with van der Waals surface area (Å²) in [4.78, 5) is 18.8. The number of hydrogen-bond acceptors (Lipinski definition) is 3. The van der Waals surface area contributed by atoms with Crippen molar-refractivity contribution in [1.82, 2.24) is 0 Å². The van der Waals surface area contributed by atoms with Crippen LogP contribution in [0.5, 0.6) is 0 Å². The Morgan fingerprint density at radius 1 is 1.42 bits per heavy atom. The van der Waals surface area contributed by atoms with Crippen molar-refractivity contribution < 1.29 is 4.79 Å². The Morgan fingerprint density at radius 3 is 3.00 bits per heavy atom. The van der Waals surface area contributed by atoms with Gasteiger partial charge in [0.15, 0.2) is 5.84 Å². The van der Waals surface area contributed by atoms with Crippen LogP contribution in [0.2, 0.25) is 0 Å². The van der Waals surface area contributed by atoms with Crippen molar-refractivity contribution in [2.75, 3.05) is 6.54 Å². The molecule has 0 aromatic carbocycles. The summed E-state index contributed by atoms with van der Waals surface area (Å²) in [6.45, 7) is 4.40. The number of aliphatic imine (C=N–C) groups is 2. The van der Waals surface area contributed by atoms with E-state index in [1.165, 1.54) is 0 Å². The van der Waals surface area contributed by atoms with E-state index in [1.807, 2.05) is 24.3 Å². The van der Waals surface area contributed by atoms with Crippen molar-refractivity contribution in [2.24, 2.45) is 9.98 Å². The summed E-state index contributed by atoms with van der Waals surface area (Å²) in [5.74, 6) is 0.696. The van der Waals surface area contributed by atoms with Gasteiger partial charge in [0.25, 0.3) is 0 Å². The lowest BCUT2D eigenvalue weighted by Crippen LogP contribution is -1.97. The molecule has 1 aliphatic rings. The van der Waals surface area contributed by atoms with Gasteiger partial charge in [-0.3, -0.25) is 4.99 Å². The Labute approximate surface area is 122 Å². The van der Waals surface area contributed by atoms with Crippen LogP contribution in [-0.2, 0) is 4.79 Å². The van der Waals surface area contributed by atoms with E-state index in [-0.39, 0.29) is 0 Å². The molecule has 0 atom stereocenters. The predicted octanol–water partition coefficient (Wildman–Crippen LogP) is 3.79. The highest BCUT2D eigenvalue weighted by Gasteiger charge is 2.03. The van der Waals surface area contributed by atoms with Crippen LogP contribution in [0.25, 0.3) is 0 Å². The molecule has 0 radical (unpaired) electrons. The maximum absolute atomic E-state index is 10.2. The fourth-order valence-corrected chi connectivity index (χ4v) is 1.69. The largest absolute Gasteiger partial charge is 0.303 e. The van der Waals surface area contributed by atoms with Crippen LogP contribution in [0.1, 0.15) is 19.3 Å². The van der Waals surface area contributed by atoms with E-state index in [2.05, 4.69) is 32.5 Å². The van der Waals surface area contributed by atoms with Gasteiger partial charge in [0.2, 0.25) is 0 Å². The van der Waals surface area contributed by atoms with Gasteiger partial charge < -0.3 is 4.79 Å². The number of halogens is 1. The van der Waals surface area contributed by atoms with Crippen molar-refractivity contribution in [3.63, 3.8) is 0 Å². The van der Waals surface area contributed by atoms with E-state index in [1.54, 1.807) is 12.3 Å². The number of amidine groups is 1. The van der Waals surface area contributed by atoms with Gasteiger partial charge in [-0.2, -0.15) is 0 Å². The molecular formula is C15H17BrN2O. The van der Waals surface area contributed by atoms with E-state index in [0.29, 0.717) is 18.8 Å². The lowest BCUT2D eigenvalue weighted by atomic mass is 10.2. The van der Waals surface area contributed by atoms with Crippen LogP contribution in [0.4, 0.5) is 0 Å². The van der Waals surface area contributed by atoms with Gasteiger partial charge in [-0.15, -0.1) is 0 Å². The molecule has 0 aromatic rings.